The van der Waals surface area contributed by atoms with Crippen molar-refractivity contribution < 1.29 is 17.6 Å². The van der Waals surface area contributed by atoms with E-state index in [2.05, 4.69) is 4.98 Å². The zero-order chi connectivity index (χ0) is 10.1. The molecule has 72 valence electrons. The predicted molar refractivity (Wildman–Crippen MR) is 37.1 cm³/mol. The largest absolute Gasteiger partial charge is 0.417 e. The highest BCUT2D eigenvalue weighted by atomic mass is 19.4. The molecule has 0 bridgehead atoms. The van der Waals surface area contributed by atoms with Gasteiger partial charge in [-0.15, -0.1) is 0 Å². The molecule has 13 heavy (non-hydrogen) atoms. The molecule has 0 aliphatic rings. The topological polar surface area (TPSA) is 38.9 Å². The third kappa shape index (κ3) is 2.15. The van der Waals surface area contributed by atoms with Crippen LogP contribution in [0.15, 0.2) is 12.3 Å². The summed E-state index contributed by atoms with van der Waals surface area (Å²) in [7, 11) is 0. The number of aromatic nitrogens is 1. The second-order valence-electron chi connectivity index (χ2n) is 2.38. The summed E-state index contributed by atoms with van der Waals surface area (Å²) in [6, 6.07) is 0.655. The molecule has 0 aliphatic carbocycles. The Kier molecular flexibility index (Phi) is 2.51. The minimum Gasteiger partial charge on any atom is -0.326 e. The minimum atomic E-state index is -4.51. The molecule has 0 unspecified atom stereocenters. The fraction of sp³-hybridized carbons (Fsp3) is 0.286. The molecule has 0 aliphatic heterocycles. The van der Waals surface area contributed by atoms with Gasteiger partial charge in [0.05, 0.1) is 5.56 Å². The molecule has 6 heteroatoms. The molecule has 0 fully saturated rings. The quantitative estimate of drug-likeness (QED) is 0.545. The summed E-state index contributed by atoms with van der Waals surface area (Å²) in [5.41, 5.74) is 3.78. The van der Waals surface area contributed by atoms with Gasteiger partial charge in [0, 0.05) is 18.3 Å². The average molecular weight is 194 g/mol. The molecule has 1 rings (SSSR count). The van der Waals surface area contributed by atoms with E-state index in [-0.39, 0.29) is 12.1 Å². The molecule has 0 aromatic carbocycles. The Morgan fingerprint density at radius 2 is 2.00 bits per heavy atom. The van der Waals surface area contributed by atoms with Crippen molar-refractivity contribution in [2.45, 2.75) is 12.7 Å². The molecule has 0 radical (unpaired) electrons. The highest BCUT2D eigenvalue weighted by Crippen LogP contribution is 2.29. The summed E-state index contributed by atoms with van der Waals surface area (Å²) in [6.45, 7) is -0.303. The van der Waals surface area contributed by atoms with Crippen LogP contribution in [-0.2, 0) is 12.7 Å². The number of alkyl halides is 3. The first-order valence-corrected chi connectivity index (χ1v) is 3.37. The molecule has 0 saturated carbocycles. The van der Waals surface area contributed by atoms with Crippen LogP contribution in [0.25, 0.3) is 0 Å². The SMILES string of the molecule is NCc1cc(C(F)(F)F)cnc1F. The van der Waals surface area contributed by atoms with Crippen molar-refractivity contribution in [3.8, 4) is 0 Å². The Labute approximate surface area is 71.4 Å². The Balaban J connectivity index is 3.14. The first-order valence-electron chi connectivity index (χ1n) is 3.37. The number of pyridine rings is 1. The molecular weight excluding hydrogens is 188 g/mol. The zero-order valence-electron chi connectivity index (χ0n) is 6.40. The molecule has 2 N–H and O–H groups in total. The summed E-state index contributed by atoms with van der Waals surface area (Å²) in [5, 5.41) is 0. The highest BCUT2D eigenvalue weighted by Gasteiger charge is 2.31. The lowest BCUT2D eigenvalue weighted by Crippen LogP contribution is -2.09. The van der Waals surface area contributed by atoms with Gasteiger partial charge >= 0.3 is 6.18 Å². The van der Waals surface area contributed by atoms with Crippen molar-refractivity contribution in [1.82, 2.24) is 4.98 Å². The Hall–Kier alpha value is -1.17. The van der Waals surface area contributed by atoms with E-state index >= 15 is 0 Å². The van der Waals surface area contributed by atoms with Gasteiger partial charge in [-0.1, -0.05) is 0 Å². The standard InChI is InChI=1S/C7H6F4N2/c8-6-4(2-12)1-5(3-13-6)7(9,10)11/h1,3H,2,12H2. The summed E-state index contributed by atoms with van der Waals surface area (Å²) in [4.78, 5) is 2.95. The van der Waals surface area contributed by atoms with E-state index in [4.69, 9.17) is 5.73 Å². The van der Waals surface area contributed by atoms with Gasteiger partial charge in [-0.3, -0.25) is 0 Å². The number of hydrogen-bond donors (Lipinski definition) is 1. The molecule has 0 amide bonds. The maximum atomic E-state index is 12.6. The average Bonchev–Trinajstić information content (AvgIpc) is 2.03. The van der Waals surface area contributed by atoms with Crippen molar-refractivity contribution in [1.29, 1.82) is 0 Å². The van der Waals surface area contributed by atoms with E-state index in [0.29, 0.717) is 12.3 Å². The maximum Gasteiger partial charge on any atom is 0.417 e. The monoisotopic (exact) mass is 194 g/mol. The lowest BCUT2D eigenvalue weighted by atomic mass is 10.2. The normalized spacial score (nSPS) is 11.8. The van der Waals surface area contributed by atoms with Gasteiger partial charge in [0.1, 0.15) is 0 Å². The highest BCUT2D eigenvalue weighted by molar-refractivity contribution is 5.21. The van der Waals surface area contributed by atoms with Gasteiger partial charge in [-0.2, -0.15) is 17.6 Å². The summed E-state index contributed by atoms with van der Waals surface area (Å²) >= 11 is 0. The van der Waals surface area contributed by atoms with Gasteiger partial charge in [0.25, 0.3) is 0 Å². The van der Waals surface area contributed by atoms with Gasteiger partial charge in [-0.05, 0) is 6.07 Å². The molecule has 0 atom stereocenters. The number of hydrogen-bond acceptors (Lipinski definition) is 2. The smallest absolute Gasteiger partial charge is 0.326 e. The molecule has 1 aromatic rings. The number of nitrogens with zero attached hydrogens (tertiary/aromatic N) is 1. The predicted octanol–water partition coefficient (Wildman–Crippen LogP) is 1.70. The summed E-state index contributed by atoms with van der Waals surface area (Å²) < 4.78 is 48.7. The molecule has 0 saturated heterocycles. The number of nitrogens with two attached hydrogens (primary N) is 1. The van der Waals surface area contributed by atoms with E-state index in [1.807, 2.05) is 0 Å². The van der Waals surface area contributed by atoms with Crippen LogP contribution in [-0.4, -0.2) is 4.98 Å². The van der Waals surface area contributed by atoms with Crippen LogP contribution in [0.2, 0.25) is 0 Å². The van der Waals surface area contributed by atoms with Crippen LogP contribution in [0.4, 0.5) is 17.6 Å². The molecule has 2 nitrogen and oxygen atoms in total. The third-order valence-corrected chi connectivity index (χ3v) is 1.46. The number of halogens is 4. The molecule has 0 spiro atoms. The van der Waals surface area contributed by atoms with Crippen LogP contribution in [0.5, 0.6) is 0 Å². The van der Waals surface area contributed by atoms with Crippen molar-refractivity contribution in [3.05, 3.63) is 29.3 Å². The Morgan fingerprint density at radius 1 is 1.38 bits per heavy atom. The fourth-order valence-electron chi connectivity index (χ4n) is 0.792. The molecule has 1 aromatic heterocycles. The third-order valence-electron chi connectivity index (χ3n) is 1.46. The van der Waals surface area contributed by atoms with Crippen molar-refractivity contribution in [3.63, 3.8) is 0 Å². The lowest BCUT2D eigenvalue weighted by molar-refractivity contribution is -0.137. The van der Waals surface area contributed by atoms with Crippen molar-refractivity contribution in [2.24, 2.45) is 5.73 Å². The molecule has 1 heterocycles. The van der Waals surface area contributed by atoms with E-state index in [1.165, 1.54) is 0 Å². The summed E-state index contributed by atoms with van der Waals surface area (Å²) in [6.07, 6.45) is -4.07. The van der Waals surface area contributed by atoms with E-state index in [0.717, 1.165) is 0 Å². The van der Waals surface area contributed by atoms with Gasteiger partial charge in [-0.25, -0.2) is 4.98 Å². The second kappa shape index (κ2) is 3.29. The first-order chi connectivity index (χ1) is 5.95. The second-order valence-corrected chi connectivity index (χ2v) is 2.38. The van der Waals surface area contributed by atoms with E-state index < -0.39 is 17.7 Å². The first kappa shape index (κ1) is 9.91. The van der Waals surface area contributed by atoms with Crippen LogP contribution < -0.4 is 5.73 Å². The Bertz CT molecular complexity index is 308. The summed E-state index contributed by atoms with van der Waals surface area (Å²) in [5.74, 6) is -0.962. The zero-order valence-corrected chi connectivity index (χ0v) is 6.40. The minimum absolute atomic E-state index is 0.241. The van der Waals surface area contributed by atoms with Gasteiger partial charge in [0.15, 0.2) is 0 Å². The van der Waals surface area contributed by atoms with Crippen LogP contribution in [0, 0.1) is 5.95 Å². The van der Waals surface area contributed by atoms with Crippen LogP contribution >= 0.6 is 0 Å². The Morgan fingerprint density at radius 3 is 2.46 bits per heavy atom. The maximum absolute atomic E-state index is 12.6. The van der Waals surface area contributed by atoms with Crippen molar-refractivity contribution in [2.75, 3.05) is 0 Å². The van der Waals surface area contributed by atoms with Crippen LogP contribution in [0.3, 0.4) is 0 Å². The fourth-order valence-corrected chi connectivity index (χ4v) is 0.792. The van der Waals surface area contributed by atoms with Crippen molar-refractivity contribution >= 4 is 0 Å². The lowest BCUT2D eigenvalue weighted by Gasteiger charge is -2.07. The number of rotatable bonds is 1. The van der Waals surface area contributed by atoms with E-state index in [1.54, 1.807) is 0 Å². The van der Waals surface area contributed by atoms with Gasteiger partial charge in [0.2, 0.25) is 5.95 Å². The van der Waals surface area contributed by atoms with E-state index in [9.17, 15) is 17.6 Å². The van der Waals surface area contributed by atoms with Crippen LogP contribution in [0.1, 0.15) is 11.1 Å². The molecular formula is C7H6F4N2. The van der Waals surface area contributed by atoms with Gasteiger partial charge < -0.3 is 5.73 Å².